The largest absolute Gasteiger partial charge is 0.504 e. The molecule has 0 atom stereocenters. The summed E-state index contributed by atoms with van der Waals surface area (Å²) in [6, 6.07) is 12.1. The Labute approximate surface area is 163 Å². The number of methoxy groups -OCH3 is 1. The average molecular weight is 393 g/mol. The van der Waals surface area contributed by atoms with Crippen molar-refractivity contribution in [2.45, 2.75) is 0 Å². The monoisotopic (exact) mass is 392 g/mol. The van der Waals surface area contributed by atoms with E-state index in [1.54, 1.807) is 30.3 Å². The molecule has 28 heavy (non-hydrogen) atoms. The zero-order chi connectivity index (χ0) is 19.6. The molecule has 0 bridgehead atoms. The second kappa shape index (κ2) is 5.74. The van der Waals surface area contributed by atoms with Crippen molar-refractivity contribution in [2.75, 3.05) is 7.11 Å². The zero-order valence-corrected chi connectivity index (χ0v) is 15.3. The predicted octanol–water partition coefficient (Wildman–Crippen LogP) is 4.24. The molecule has 3 N–H and O–H groups in total. The molecular formula is C21H13ClN2O4. The molecule has 1 aliphatic heterocycles. The van der Waals surface area contributed by atoms with Gasteiger partial charge < -0.3 is 14.8 Å². The van der Waals surface area contributed by atoms with Crippen molar-refractivity contribution in [1.29, 1.82) is 0 Å². The first kappa shape index (κ1) is 16.6. The Morgan fingerprint density at radius 2 is 1.71 bits per heavy atom. The van der Waals surface area contributed by atoms with Crippen LogP contribution in [0.3, 0.4) is 0 Å². The van der Waals surface area contributed by atoms with Gasteiger partial charge in [-0.2, -0.15) is 0 Å². The van der Waals surface area contributed by atoms with Crippen molar-refractivity contribution >= 4 is 45.2 Å². The van der Waals surface area contributed by atoms with Crippen molar-refractivity contribution in [1.82, 2.24) is 10.3 Å². The van der Waals surface area contributed by atoms with Gasteiger partial charge in [0.1, 0.15) is 0 Å². The topological polar surface area (TPSA) is 91.4 Å². The van der Waals surface area contributed by atoms with Crippen LogP contribution in [0, 0.1) is 0 Å². The van der Waals surface area contributed by atoms with Crippen LogP contribution in [0.2, 0.25) is 5.02 Å². The predicted molar refractivity (Wildman–Crippen MR) is 106 cm³/mol. The van der Waals surface area contributed by atoms with E-state index in [0.29, 0.717) is 43.5 Å². The smallest absolute Gasteiger partial charge is 0.259 e. The van der Waals surface area contributed by atoms with Gasteiger partial charge >= 0.3 is 0 Å². The molecule has 1 aromatic heterocycles. The van der Waals surface area contributed by atoms with E-state index in [4.69, 9.17) is 16.3 Å². The van der Waals surface area contributed by atoms with Gasteiger partial charge in [-0.1, -0.05) is 29.8 Å². The lowest BCUT2D eigenvalue weighted by Crippen LogP contribution is -2.20. The summed E-state index contributed by atoms with van der Waals surface area (Å²) >= 11 is 6.36. The molecule has 0 spiro atoms. The Balaban J connectivity index is 1.97. The molecule has 2 amide bonds. The van der Waals surface area contributed by atoms with E-state index in [9.17, 15) is 14.7 Å². The van der Waals surface area contributed by atoms with Gasteiger partial charge in [-0.15, -0.1) is 0 Å². The minimum absolute atomic E-state index is 0.0231. The molecule has 2 heterocycles. The highest BCUT2D eigenvalue weighted by Gasteiger charge is 2.34. The third-order valence-corrected chi connectivity index (χ3v) is 5.36. The number of H-pyrrole nitrogens is 1. The van der Waals surface area contributed by atoms with E-state index in [2.05, 4.69) is 10.3 Å². The summed E-state index contributed by atoms with van der Waals surface area (Å²) in [5, 5.41) is 14.2. The number of aromatic amines is 1. The number of hydrogen-bond acceptors (Lipinski definition) is 4. The maximum absolute atomic E-state index is 12.7. The van der Waals surface area contributed by atoms with Crippen LogP contribution in [0.15, 0.2) is 42.5 Å². The lowest BCUT2D eigenvalue weighted by atomic mass is 9.93. The number of ether oxygens (including phenoxy) is 1. The van der Waals surface area contributed by atoms with Crippen molar-refractivity contribution < 1.29 is 19.4 Å². The first-order chi connectivity index (χ1) is 13.5. The number of phenols is 1. The average Bonchev–Trinajstić information content (AvgIpc) is 3.16. The summed E-state index contributed by atoms with van der Waals surface area (Å²) in [6.07, 6.45) is 0. The quantitative estimate of drug-likeness (QED) is 0.445. The number of aromatic hydroxyl groups is 1. The molecule has 3 aromatic carbocycles. The SMILES string of the molecule is COc1cc2c(cc1O)[nH]c1cc(-c3ccccc3Cl)c3c(c12)C(=O)NC3=O. The molecule has 1 aliphatic rings. The first-order valence-corrected chi connectivity index (χ1v) is 8.87. The molecule has 138 valence electrons. The molecule has 0 radical (unpaired) electrons. The van der Waals surface area contributed by atoms with Crippen molar-refractivity contribution in [3.8, 4) is 22.6 Å². The van der Waals surface area contributed by atoms with Gasteiger partial charge in [-0.25, -0.2) is 0 Å². The van der Waals surface area contributed by atoms with E-state index in [0.717, 1.165) is 0 Å². The first-order valence-electron chi connectivity index (χ1n) is 8.49. The van der Waals surface area contributed by atoms with E-state index in [1.165, 1.54) is 13.2 Å². The van der Waals surface area contributed by atoms with Gasteiger partial charge in [0, 0.05) is 32.9 Å². The lowest BCUT2D eigenvalue weighted by Gasteiger charge is -2.10. The van der Waals surface area contributed by atoms with Gasteiger partial charge in [0.25, 0.3) is 11.8 Å². The highest BCUT2D eigenvalue weighted by Crippen LogP contribution is 2.42. The summed E-state index contributed by atoms with van der Waals surface area (Å²) in [7, 11) is 1.45. The molecule has 7 heteroatoms. The highest BCUT2D eigenvalue weighted by atomic mass is 35.5. The fourth-order valence-corrected chi connectivity index (χ4v) is 4.07. The van der Waals surface area contributed by atoms with E-state index < -0.39 is 11.8 Å². The Bertz CT molecular complexity index is 1340. The second-order valence-electron chi connectivity index (χ2n) is 6.55. The number of fused-ring (bicyclic) bond motifs is 5. The van der Waals surface area contributed by atoms with Gasteiger partial charge in [-0.3, -0.25) is 14.9 Å². The van der Waals surface area contributed by atoms with Crippen LogP contribution >= 0.6 is 11.6 Å². The number of carbonyl (C=O) groups excluding carboxylic acids is 2. The summed E-state index contributed by atoms with van der Waals surface area (Å²) in [5.74, 6) is -0.670. The minimum atomic E-state index is -0.466. The normalized spacial score (nSPS) is 13.2. The Hall–Kier alpha value is -3.51. The van der Waals surface area contributed by atoms with E-state index in [1.807, 2.05) is 6.07 Å². The summed E-state index contributed by atoms with van der Waals surface area (Å²) in [4.78, 5) is 28.5. The molecule has 0 unspecified atom stereocenters. The molecule has 0 saturated carbocycles. The van der Waals surface area contributed by atoms with Gasteiger partial charge in [-0.05, 0) is 23.8 Å². The maximum atomic E-state index is 12.7. The molecular weight excluding hydrogens is 380 g/mol. The van der Waals surface area contributed by atoms with Crippen LogP contribution in [0.5, 0.6) is 11.5 Å². The fourth-order valence-electron chi connectivity index (χ4n) is 3.83. The van der Waals surface area contributed by atoms with Gasteiger partial charge in [0.2, 0.25) is 0 Å². The van der Waals surface area contributed by atoms with Crippen molar-refractivity contribution in [2.24, 2.45) is 0 Å². The highest BCUT2D eigenvalue weighted by molar-refractivity contribution is 6.36. The zero-order valence-electron chi connectivity index (χ0n) is 14.6. The second-order valence-corrected chi connectivity index (χ2v) is 6.96. The Morgan fingerprint density at radius 3 is 2.46 bits per heavy atom. The lowest BCUT2D eigenvalue weighted by molar-refractivity contribution is 0.0880. The standard InChI is InChI=1S/C21H13ClN2O4/c1-28-16-7-11-13(8-15(16)25)23-14-6-10(9-4-2-3-5-12(9)22)18-19(17(11)14)21(27)24-20(18)26/h2-8,23,25H,1H3,(H,24,26,27). The van der Waals surface area contributed by atoms with E-state index >= 15 is 0 Å². The Morgan fingerprint density at radius 1 is 0.964 bits per heavy atom. The van der Waals surface area contributed by atoms with Crippen molar-refractivity contribution in [3.63, 3.8) is 0 Å². The molecule has 0 fully saturated rings. The van der Waals surface area contributed by atoms with Gasteiger partial charge in [0.15, 0.2) is 11.5 Å². The number of carbonyl (C=O) groups is 2. The van der Waals surface area contributed by atoms with Gasteiger partial charge in [0.05, 0.1) is 23.8 Å². The van der Waals surface area contributed by atoms with Crippen LogP contribution in [0.4, 0.5) is 0 Å². The molecule has 0 saturated heterocycles. The third kappa shape index (κ3) is 2.15. The fraction of sp³-hybridized carbons (Fsp3) is 0.0476. The minimum Gasteiger partial charge on any atom is -0.504 e. The Kier molecular flexibility index (Phi) is 3.41. The molecule has 4 aromatic rings. The molecule has 5 rings (SSSR count). The van der Waals surface area contributed by atoms with Crippen LogP contribution < -0.4 is 10.1 Å². The number of imide groups is 1. The maximum Gasteiger partial charge on any atom is 0.259 e. The van der Waals surface area contributed by atoms with Crippen LogP contribution in [-0.2, 0) is 0 Å². The number of aromatic nitrogens is 1. The third-order valence-electron chi connectivity index (χ3n) is 5.03. The summed E-state index contributed by atoms with van der Waals surface area (Å²) < 4.78 is 5.20. The number of benzene rings is 3. The number of amides is 2. The van der Waals surface area contributed by atoms with E-state index in [-0.39, 0.29) is 17.1 Å². The number of rotatable bonds is 2. The number of halogens is 1. The number of nitrogens with one attached hydrogen (secondary N) is 2. The van der Waals surface area contributed by atoms with Crippen molar-refractivity contribution in [3.05, 3.63) is 58.6 Å². The number of hydrogen-bond donors (Lipinski definition) is 3. The number of phenolic OH excluding ortho intramolecular Hbond substituents is 1. The summed E-state index contributed by atoms with van der Waals surface area (Å²) in [5.41, 5.74) is 3.08. The molecule has 0 aliphatic carbocycles. The van der Waals surface area contributed by atoms with Crippen LogP contribution in [0.1, 0.15) is 20.7 Å². The molecule has 6 nitrogen and oxygen atoms in total. The summed E-state index contributed by atoms with van der Waals surface area (Å²) in [6.45, 7) is 0. The van der Waals surface area contributed by atoms with Crippen LogP contribution in [-0.4, -0.2) is 29.0 Å². The van der Waals surface area contributed by atoms with Crippen LogP contribution in [0.25, 0.3) is 32.9 Å².